The largest absolute Gasteiger partial charge is 0.379 e. The number of rotatable bonds is 2. The van der Waals surface area contributed by atoms with Crippen LogP contribution in [0.2, 0.25) is 0 Å². The molecule has 0 saturated carbocycles. The van der Waals surface area contributed by atoms with Crippen LogP contribution in [0.1, 0.15) is 18.9 Å². The molecule has 22 heavy (non-hydrogen) atoms. The molecule has 0 bridgehead atoms. The van der Waals surface area contributed by atoms with E-state index < -0.39 is 0 Å². The van der Waals surface area contributed by atoms with Crippen molar-refractivity contribution in [2.45, 2.75) is 18.9 Å². The Morgan fingerprint density at radius 1 is 1.14 bits per heavy atom. The number of halogens is 2. The van der Waals surface area contributed by atoms with Crippen LogP contribution < -0.4 is 5.73 Å². The Hall–Kier alpha value is -1.30. The predicted octanol–water partition coefficient (Wildman–Crippen LogP) is 3.65. The molecule has 3 rings (SSSR count). The Balaban J connectivity index is 0.00000121. The highest BCUT2D eigenvalue weighted by Gasteiger charge is 2.29. The number of aromatic nitrogens is 2. The van der Waals surface area contributed by atoms with Gasteiger partial charge in [0.2, 0.25) is 0 Å². The molecule has 2 N–H and O–H groups in total. The van der Waals surface area contributed by atoms with Crippen molar-refractivity contribution in [3.8, 4) is 11.1 Å². The summed E-state index contributed by atoms with van der Waals surface area (Å²) in [4.78, 5) is 12.8. The van der Waals surface area contributed by atoms with Crippen LogP contribution in [-0.4, -0.2) is 20.9 Å². The number of benzene rings is 1. The van der Waals surface area contributed by atoms with E-state index in [0.29, 0.717) is 5.17 Å². The molecule has 2 heterocycles. The van der Waals surface area contributed by atoms with E-state index in [2.05, 4.69) is 46.1 Å². The first-order chi connectivity index (χ1) is 9.67. The fourth-order valence-corrected chi connectivity index (χ4v) is 3.35. The van der Waals surface area contributed by atoms with E-state index in [4.69, 9.17) is 5.73 Å². The Morgan fingerprint density at radius 3 is 2.55 bits per heavy atom. The molecule has 1 aromatic heterocycles. The number of thioether (sulfide) groups is 1. The number of nitrogens with zero attached hydrogens (tertiary/aromatic N) is 3. The van der Waals surface area contributed by atoms with Crippen LogP contribution in [0.4, 0.5) is 0 Å². The maximum Gasteiger partial charge on any atom is 0.154 e. The van der Waals surface area contributed by atoms with Crippen molar-refractivity contribution in [2.24, 2.45) is 10.7 Å². The zero-order chi connectivity index (χ0) is 14.0. The van der Waals surface area contributed by atoms with Crippen molar-refractivity contribution >= 4 is 41.7 Å². The monoisotopic (exact) mass is 356 g/mol. The van der Waals surface area contributed by atoms with E-state index >= 15 is 0 Å². The quantitative estimate of drug-likeness (QED) is 0.891. The number of amidine groups is 1. The second-order valence-corrected chi connectivity index (χ2v) is 6.15. The lowest BCUT2D eigenvalue weighted by Crippen LogP contribution is -2.28. The second kappa shape index (κ2) is 7.81. The number of aliphatic imine (C=N–C) groups is 1. The van der Waals surface area contributed by atoms with Gasteiger partial charge >= 0.3 is 0 Å². The molecule has 0 amide bonds. The Labute approximate surface area is 146 Å². The lowest BCUT2D eigenvalue weighted by atomic mass is 9.88. The minimum absolute atomic E-state index is 0. The predicted molar refractivity (Wildman–Crippen MR) is 98.0 cm³/mol. The van der Waals surface area contributed by atoms with Gasteiger partial charge in [-0.2, -0.15) is 0 Å². The second-order valence-electron chi connectivity index (χ2n) is 5.03. The van der Waals surface area contributed by atoms with Crippen LogP contribution in [0.25, 0.3) is 11.1 Å². The summed E-state index contributed by atoms with van der Waals surface area (Å²) in [5.74, 6) is 1.00. The number of hydrogen-bond acceptors (Lipinski definition) is 5. The fraction of sp³-hybridized carbons (Fsp3) is 0.267. The molecule has 0 fully saturated rings. The van der Waals surface area contributed by atoms with Crippen molar-refractivity contribution in [1.29, 1.82) is 0 Å². The van der Waals surface area contributed by atoms with Crippen LogP contribution in [-0.2, 0) is 5.54 Å². The van der Waals surface area contributed by atoms with E-state index in [-0.39, 0.29) is 30.4 Å². The molecule has 7 heteroatoms. The summed E-state index contributed by atoms with van der Waals surface area (Å²) in [6, 6.07) is 8.39. The molecule has 1 unspecified atom stereocenters. The molecular formula is C15H18Cl2N4S. The molecule has 0 aliphatic carbocycles. The molecule has 0 radical (unpaired) electrons. The SMILES string of the molecule is CC1(c2cccc(-c3cncnc3)c2)CCSC(N)=N1.Cl.Cl. The van der Waals surface area contributed by atoms with Crippen molar-refractivity contribution in [3.63, 3.8) is 0 Å². The minimum atomic E-state index is -0.235. The Morgan fingerprint density at radius 2 is 1.86 bits per heavy atom. The van der Waals surface area contributed by atoms with Gasteiger partial charge in [-0.05, 0) is 30.5 Å². The number of hydrogen-bond donors (Lipinski definition) is 1. The van der Waals surface area contributed by atoms with Gasteiger partial charge in [-0.3, -0.25) is 4.99 Å². The molecular weight excluding hydrogens is 339 g/mol. The minimum Gasteiger partial charge on any atom is -0.379 e. The first-order valence-corrected chi connectivity index (χ1v) is 7.50. The van der Waals surface area contributed by atoms with Crippen LogP contribution in [0.3, 0.4) is 0 Å². The van der Waals surface area contributed by atoms with Gasteiger partial charge in [0, 0.05) is 23.7 Å². The van der Waals surface area contributed by atoms with Gasteiger partial charge in [0.15, 0.2) is 5.17 Å². The van der Waals surface area contributed by atoms with E-state index in [1.54, 1.807) is 11.8 Å². The average molecular weight is 357 g/mol. The van der Waals surface area contributed by atoms with Crippen molar-refractivity contribution in [2.75, 3.05) is 5.75 Å². The molecule has 1 aliphatic rings. The third-order valence-corrected chi connectivity index (χ3v) is 4.37. The van der Waals surface area contributed by atoms with Gasteiger partial charge in [0.05, 0.1) is 5.54 Å². The zero-order valence-electron chi connectivity index (χ0n) is 12.1. The van der Waals surface area contributed by atoms with E-state index in [1.807, 2.05) is 12.4 Å². The van der Waals surface area contributed by atoms with E-state index in [0.717, 1.165) is 23.3 Å². The Bertz CT molecular complexity index is 651. The summed E-state index contributed by atoms with van der Waals surface area (Å²) in [7, 11) is 0. The maximum atomic E-state index is 5.89. The smallest absolute Gasteiger partial charge is 0.154 e. The first kappa shape index (κ1) is 18.7. The van der Waals surface area contributed by atoms with Gasteiger partial charge in [0.25, 0.3) is 0 Å². The zero-order valence-corrected chi connectivity index (χ0v) is 14.5. The van der Waals surface area contributed by atoms with Crippen molar-refractivity contribution in [1.82, 2.24) is 9.97 Å². The summed E-state index contributed by atoms with van der Waals surface area (Å²) < 4.78 is 0. The van der Waals surface area contributed by atoms with Crippen LogP contribution in [0.5, 0.6) is 0 Å². The van der Waals surface area contributed by atoms with E-state index in [9.17, 15) is 0 Å². The molecule has 1 aromatic carbocycles. The van der Waals surface area contributed by atoms with E-state index in [1.165, 1.54) is 11.9 Å². The summed E-state index contributed by atoms with van der Waals surface area (Å²) in [5.41, 5.74) is 8.96. The highest BCUT2D eigenvalue weighted by molar-refractivity contribution is 8.13. The van der Waals surface area contributed by atoms with Gasteiger partial charge in [-0.15, -0.1) is 24.8 Å². The maximum absolute atomic E-state index is 5.89. The molecule has 2 aromatic rings. The van der Waals surface area contributed by atoms with Gasteiger partial charge in [-0.1, -0.05) is 30.0 Å². The summed E-state index contributed by atoms with van der Waals surface area (Å²) in [6.45, 7) is 2.14. The van der Waals surface area contributed by atoms with Crippen molar-refractivity contribution < 1.29 is 0 Å². The molecule has 0 saturated heterocycles. The van der Waals surface area contributed by atoms with Crippen molar-refractivity contribution in [3.05, 3.63) is 48.5 Å². The first-order valence-electron chi connectivity index (χ1n) is 6.51. The average Bonchev–Trinajstić information content (AvgIpc) is 2.48. The lowest BCUT2D eigenvalue weighted by molar-refractivity contribution is 0.482. The van der Waals surface area contributed by atoms with Gasteiger partial charge < -0.3 is 5.73 Å². The third-order valence-electron chi connectivity index (χ3n) is 3.57. The number of nitrogens with two attached hydrogens (primary N) is 1. The van der Waals surface area contributed by atoms with Gasteiger partial charge in [-0.25, -0.2) is 9.97 Å². The third kappa shape index (κ3) is 3.91. The standard InChI is InChI=1S/C15H16N4S.2ClH/c1-15(5-6-20-14(16)19-15)13-4-2-3-11(7-13)12-8-17-10-18-9-12;;/h2-4,7-10H,5-6H2,1H3,(H2,16,19);2*1H. The highest BCUT2D eigenvalue weighted by Crippen LogP contribution is 2.36. The summed E-state index contributed by atoms with van der Waals surface area (Å²) in [6.07, 6.45) is 6.18. The molecule has 1 atom stereocenters. The fourth-order valence-electron chi connectivity index (χ4n) is 2.38. The molecule has 1 aliphatic heterocycles. The van der Waals surface area contributed by atoms with Gasteiger partial charge in [0.1, 0.15) is 6.33 Å². The Kier molecular flexibility index (Phi) is 6.66. The highest BCUT2D eigenvalue weighted by atomic mass is 35.5. The summed E-state index contributed by atoms with van der Waals surface area (Å²) in [5, 5.41) is 0.673. The summed E-state index contributed by atoms with van der Waals surface area (Å²) >= 11 is 1.62. The lowest BCUT2D eigenvalue weighted by Gasteiger charge is -2.30. The molecule has 4 nitrogen and oxygen atoms in total. The molecule has 118 valence electrons. The topological polar surface area (TPSA) is 64.2 Å². The van der Waals surface area contributed by atoms with Crippen LogP contribution >= 0.6 is 36.6 Å². The van der Waals surface area contributed by atoms with Crippen LogP contribution in [0, 0.1) is 0 Å². The normalized spacial score (nSPS) is 20.3. The molecule has 0 spiro atoms. The van der Waals surface area contributed by atoms with Crippen LogP contribution in [0.15, 0.2) is 48.0 Å².